The van der Waals surface area contributed by atoms with E-state index in [0.29, 0.717) is 12.1 Å². The molecule has 0 atom stereocenters. The van der Waals surface area contributed by atoms with Crippen LogP contribution in [0.25, 0.3) is 0 Å². The van der Waals surface area contributed by atoms with Gasteiger partial charge in [-0.05, 0) is 45.0 Å². The molecule has 1 aromatic carbocycles. The van der Waals surface area contributed by atoms with Gasteiger partial charge >= 0.3 is 0 Å². The number of halogens is 1. The maximum atomic E-state index is 13.4. The Balaban J connectivity index is 2.29. The van der Waals surface area contributed by atoms with E-state index in [1.807, 2.05) is 6.92 Å². The molecule has 0 radical (unpaired) electrons. The van der Waals surface area contributed by atoms with Crippen LogP contribution >= 0.6 is 0 Å². The van der Waals surface area contributed by atoms with E-state index < -0.39 is 15.8 Å². The number of benzene rings is 1. The summed E-state index contributed by atoms with van der Waals surface area (Å²) in [5.41, 5.74) is 0.0254. The van der Waals surface area contributed by atoms with E-state index in [1.54, 1.807) is 7.05 Å². The maximum Gasteiger partial charge on any atom is 0.241 e. The first-order valence-corrected chi connectivity index (χ1v) is 7.32. The monoisotopic (exact) mass is 272 g/mol. The minimum absolute atomic E-state index is 0.113. The SMILES string of the molecule is CNCc1cc(S(=O)(=O)NC2(C)CC2)ccc1F. The molecule has 0 amide bonds. The van der Waals surface area contributed by atoms with Gasteiger partial charge in [0.15, 0.2) is 0 Å². The minimum Gasteiger partial charge on any atom is -0.316 e. The minimum atomic E-state index is -3.56. The summed E-state index contributed by atoms with van der Waals surface area (Å²) in [6.45, 7) is 2.16. The van der Waals surface area contributed by atoms with Gasteiger partial charge in [0.25, 0.3) is 0 Å². The van der Waals surface area contributed by atoms with Crippen LogP contribution < -0.4 is 10.0 Å². The highest BCUT2D eigenvalue weighted by atomic mass is 32.2. The van der Waals surface area contributed by atoms with Crippen LogP contribution in [0.3, 0.4) is 0 Å². The largest absolute Gasteiger partial charge is 0.316 e. The Labute approximate surface area is 107 Å². The molecule has 100 valence electrons. The van der Waals surface area contributed by atoms with Gasteiger partial charge in [0.1, 0.15) is 5.82 Å². The lowest BCUT2D eigenvalue weighted by atomic mass is 10.2. The van der Waals surface area contributed by atoms with Gasteiger partial charge in [-0.1, -0.05) is 0 Å². The van der Waals surface area contributed by atoms with Gasteiger partial charge < -0.3 is 5.32 Å². The fraction of sp³-hybridized carbons (Fsp3) is 0.500. The number of hydrogen-bond donors (Lipinski definition) is 2. The Hall–Kier alpha value is -0.980. The molecule has 18 heavy (non-hydrogen) atoms. The third kappa shape index (κ3) is 2.88. The molecule has 1 aliphatic rings. The molecule has 0 bridgehead atoms. The van der Waals surface area contributed by atoms with Gasteiger partial charge in [0.05, 0.1) is 4.90 Å². The van der Waals surface area contributed by atoms with E-state index in [-0.39, 0.29) is 10.4 Å². The topological polar surface area (TPSA) is 58.2 Å². The van der Waals surface area contributed by atoms with Crippen LogP contribution in [0.1, 0.15) is 25.3 Å². The molecule has 0 aromatic heterocycles. The smallest absolute Gasteiger partial charge is 0.241 e. The van der Waals surface area contributed by atoms with Crippen molar-refractivity contribution in [2.24, 2.45) is 0 Å². The van der Waals surface area contributed by atoms with Crippen molar-refractivity contribution >= 4 is 10.0 Å². The number of nitrogens with one attached hydrogen (secondary N) is 2. The van der Waals surface area contributed by atoms with E-state index in [0.717, 1.165) is 12.8 Å². The van der Waals surface area contributed by atoms with Gasteiger partial charge in [-0.2, -0.15) is 0 Å². The molecule has 1 aliphatic carbocycles. The van der Waals surface area contributed by atoms with Crippen molar-refractivity contribution in [3.63, 3.8) is 0 Å². The first kappa shape index (κ1) is 13.5. The van der Waals surface area contributed by atoms with Crippen molar-refractivity contribution in [3.05, 3.63) is 29.6 Å². The maximum absolute atomic E-state index is 13.4. The lowest BCUT2D eigenvalue weighted by molar-refractivity contribution is 0.556. The predicted molar refractivity (Wildman–Crippen MR) is 67.1 cm³/mol. The molecular formula is C12H17FN2O2S. The summed E-state index contributed by atoms with van der Waals surface area (Å²) in [5, 5.41) is 2.81. The molecule has 0 heterocycles. The van der Waals surface area contributed by atoms with Crippen molar-refractivity contribution in [1.82, 2.24) is 10.0 Å². The van der Waals surface area contributed by atoms with Crippen molar-refractivity contribution in [3.8, 4) is 0 Å². The molecule has 0 unspecified atom stereocenters. The van der Waals surface area contributed by atoms with Crippen molar-refractivity contribution in [1.29, 1.82) is 0 Å². The normalized spacial score (nSPS) is 17.7. The van der Waals surface area contributed by atoms with Crippen molar-refractivity contribution < 1.29 is 12.8 Å². The second-order valence-corrected chi connectivity index (χ2v) is 6.63. The van der Waals surface area contributed by atoms with Crippen molar-refractivity contribution in [2.45, 2.75) is 36.7 Å². The van der Waals surface area contributed by atoms with Crippen LogP contribution in [0.4, 0.5) is 4.39 Å². The summed E-state index contributed by atoms with van der Waals surface area (Å²) in [7, 11) is -1.87. The average molecular weight is 272 g/mol. The van der Waals surface area contributed by atoms with E-state index >= 15 is 0 Å². The van der Waals surface area contributed by atoms with Gasteiger partial charge in [-0.3, -0.25) is 0 Å². The van der Waals surface area contributed by atoms with Crippen LogP contribution in [0.2, 0.25) is 0 Å². The Morgan fingerprint density at radius 2 is 2.06 bits per heavy atom. The molecule has 2 rings (SSSR count). The average Bonchev–Trinajstić information content (AvgIpc) is 2.98. The second-order valence-electron chi connectivity index (χ2n) is 4.95. The van der Waals surface area contributed by atoms with Crippen LogP contribution in [0, 0.1) is 5.82 Å². The third-order valence-corrected chi connectivity index (χ3v) is 4.71. The Morgan fingerprint density at radius 1 is 1.39 bits per heavy atom. The molecule has 2 N–H and O–H groups in total. The Kier molecular flexibility index (Phi) is 3.44. The summed E-state index contributed by atoms with van der Waals surface area (Å²) in [4.78, 5) is 0.113. The zero-order valence-corrected chi connectivity index (χ0v) is 11.3. The Morgan fingerprint density at radius 3 is 2.61 bits per heavy atom. The molecule has 6 heteroatoms. The zero-order chi connectivity index (χ0) is 13.4. The summed E-state index contributed by atoms with van der Waals surface area (Å²) in [6, 6.07) is 3.86. The molecule has 0 spiro atoms. The molecule has 1 fully saturated rings. The molecule has 0 aliphatic heterocycles. The first-order chi connectivity index (χ1) is 8.36. The first-order valence-electron chi connectivity index (χ1n) is 5.83. The Bertz CT molecular complexity index is 553. The van der Waals surface area contributed by atoms with E-state index in [1.165, 1.54) is 18.2 Å². The summed E-state index contributed by atoms with van der Waals surface area (Å²) in [5.74, 6) is -0.402. The zero-order valence-electron chi connectivity index (χ0n) is 10.5. The quantitative estimate of drug-likeness (QED) is 0.851. The standard InChI is InChI=1S/C12H17FN2O2S/c1-12(5-6-12)15-18(16,17)10-3-4-11(13)9(7-10)8-14-2/h3-4,7,14-15H,5-6,8H2,1-2H3. The fourth-order valence-electron chi connectivity index (χ4n) is 1.72. The van der Waals surface area contributed by atoms with Crippen LogP contribution in [0.5, 0.6) is 0 Å². The highest BCUT2D eigenvalue weighted by Gasteiger charge is 2.41. The number of hydrogen-bond acceptors (Lipinski definition) is 3. The van der Waals surface area contributed by atoms with Crippen LogP contribution in [0.15, 0.2) is 23.1 Å². The van der Waals surface area contributed by atoms with E-state index in [2.05, 4.69) is 10.0 Å². The number of sulfonamides is 1. The molecule has 0 saturated heterocycles. The number of rotatable bonds is 5. The predicted octanol–water partition coefficient (Wildman–Crippen LogP) is 1.38. The van der Waals surface area contributed by atoms with Gasteiger partial charge in [0, 0.05) is 17.6 Å². The van der Waals surface area contributed by atoms with Gasteiger partial charge in [-0.25, -0.2) is 17.5 Å². The lowest BCUT2D eigenvalue weighted by Gasteiger charge is -2.13. The van der Waals surface area contributed by atoms with Crippen molar-refractivity contribution in [2.75, 3.05) is 7.05 Å². The molecule has 1 saturated carbocycles. The van der Waals surface area contributed by atoms with E-state index in [9.17, 15) is 12.8 Å². The molecule has 1 aromatic rings. The fourth-order valence-corrected chi connectivity index (χ4v) is 3.23. The molecule has 4 nitrogen and oxygen atoms in total. The molecular weight excluding hydrogens is 255 g/mol. The third-order valence-electron chi connectivity index (χ3n) is 3.08. The van der Waals surface area contributed by atoms with Gasteiger partial charge in [0.2, 0.25) is 10.0 Å². The van der Waals surface area contributed by atoms with E-state index in [4.69, 9.17) is 0 Å². The highest BCUT2D eigenvalue weighted by Crippen LogP contribution is 2.36. The summed E-state index contributed by atoms with van der Waals surface area (Å²) >= 11 is 0. The highest BCUT2D eigenvalue weighted by molar-refractivity contribution is 7.89. The van der Waals surface area contributed by atoms with Crippen LogP contribution in [-0.4, -0.2) is 21.0 Å². The second kappa shape index (κ2) is 4.60. The summed E-state index contributed by atoms with van der Waals surface area (Å²) in [6.07, 6.45) is 1.69. The lowest BCUT2D eigenvalue weighted by Crippen LogP contribution is -2.34. The summed E-state index contributed by atoms with van der Waals surface area (Å²) < 4.78 is 40.3. The van der Waals surface area contributed by atoms with Crippen LogP contribution in [-0.2, 0) is 16.6 Å². The van der Waals surface area contributed by atoms with Gasteiger partial charge in [-0.15, -0.1) is 0 Å².